The summed E-state index contributed by atoms with van der Waals surface area (Å²) in [5.41, 5.74) is 3.33. The van der Waals surface area contributed by atoms with Gasteiger partial charge in [-0.1, -0.05) is 54.9 Å². The van der Waals surface area contributed by atoms with Crippen molar-refractivity contribution in [2.24, 2.45) is 0 Å². The Labute approximate surface area is 198 Å². The molecule has 0 aliphatic heterocycles. The first-order chi connectivity index (χ1) is 15.5. The van der Waals surface area contributed by atoms with Crippen molar-refractivity contribution in [2.45, 2.75) is 32.5 Å². The first-order valence-corrected chi connectivity index (χ1v) is 12.1. The average molecular weight is 466 g/mol. The topological polar surface area (TPSA) is 37.3 Å². The van der Waals surface area contributed by atoms with Crippen molar-refractivity contribution >= 4 is 39.7 Å². The number of hydrogen-bond donors (Lipinski definition) is 1. The lowest BCUT2D eigenvalue weighted by molar-refractivity contribution is -0.122. The Morgan fingerprint density at radius 1 is 1.12 bits per heavy atom. The number of thiophene rings is 1. The van der Waals surface area contributed by atoms with Crippen LogP contribution in [0.4, 0.5) is 0 Å². The van der Waals surface area contributed by atoms with E-state index in [2.05, 4.69) is 70.5 Å². The Balaban J connectivity index is 1.47. The lowest BCUT2D eigenvalue weighted by atomic mass is 10.1. The van der Waals surface area contributed by atoms with Gasteiger partial charge < -0.3 is 14.8 Å². The standard InChI is InChI=1S/C26H28ClN3OS/c1-3-22(17-29(2)16-19-8-5-4-6-9-19)28-26(31)18-30-23-12-11-21(27)14-20(23)15-24(30)25-10-7-13-32-25/h4-15,22H,3,16-18H2,1-2H3,(H,28,31)/t22-/m1/s1. The Kier molecular flexibility index (Phi) is 7.30. The summed E-state index contributed by atoms with van der Waals surface area (Å²) in [5, 5.41) is 7.04. The largest absolute Gasteiger partial charge is 0.351 e. The minimum absolute atomic E-state index is 0.0233. The molecule has 4 rings (SSSR count). The van der Waals surface area contributed by atoms with Crippen LogP contribution in [0.5, 0.6) is 0 Å². The summed E-state index contributed by atoms with van der Waals surface area (Å²) in [6, 6.07) is 22.6. The maximum Gasteiger partial charge on any atom is 0.240 e. The van der Waals surface area contributed by atoms with Gasteiger partial charge in [-0.2, -0.15) is 0 Å². The van der Waals surface area contributed by atoms with Gasteiger partial charge in [-0.15, -0.1) is 11.3 Å². The number of likely N-dealkylation sites (N-methyl/N-ethyl adjacent to an activating group) is 1. The molecule has 0 bridgehead atoms. The number of halogens is 1. The summed E-state index contributed by atoms with van der Waals surface area (Å²) in [7, 11) is 2.10. The summed E-state index contributed by atoms with van der Waals surface area (Å²) < 4.78 is 2.09. The fraction of sp³-hybridized carbons (Fsp3) is 0.269. The van der Waals surface area contributed by atoms with E-state index in [1.165, 1.54) is 5.56 Å². The van der Waals surface area contributed by atoms with Gasteiger partial charge in [-0.25, -0.2) is 0 Å². The van der Waals surface area contributed by atoms with Crippen LogP contribution in [-0.4, -0.2) is 35.0 Å². The Hall–Kier alpha value is -2.60. The molecule has 166 valence electrons. The van der Waals surface area contributed by atoms with Crippen LogP contribution in [0, 0.1) is 0 Å². The molecule has 0 spiro atoms. The van der Waals surface area contributed by atoms with E-state index in [4.69, 9.17) is 11.6 Å². The highest BCUT2D eigenvalue weighted by atomic mass is 35.5. The van der Waals surface area contributed by atoms with E-state index < -0.39 is 0 Å². The van der Waals surface area contributed by atoms with Crippen LogP contribution in [0.2, 0.25) is 5.02 Å². The third kappa shape index (κ3) is 5.41. The molecule has 1 N–H and O–H groups in total. The molecule has 2 aromatic heterocycles. The Morgan fingerprint density at radius 2 is 1.94 bits per heavy atom. The number of hydrogen-bond acceptors (Lipinski definition) is 3. The summed E-state index contributed by atoms with van der Waals surface area (Å²) in [6.45, 7) is 4.05. The Bertz CT molecular complexity index is 1170. The lowest BCUT2D eigenvalue weighted by Gasteiger charge is -2.24. The van der Waals surface area contributed by atoms with Crippen molar-refractivity contribution < 1.29 is 4.79 Å². The molecular weight excluding hydrogens is 438 g/mol. The monoisotopic (exact) mass is 465 g/mol. The van der Waals surface area contributed by atoms with E-state index in [1.54, 1.807) is 11.3 Å². The highest BCUT2D eigenvalue weighted by Crippen LogP contribution is 2.32. The van der Waals surface area contributed by atoms with E-state index in [1.807, 2.05) is 30.3 Å². The number of carbonyl (C=O) groups is 1. The molecule has 0 aliphatic rings. The second kappa shape index (κ2) is 10.3. The average Bonchev–Trinajstić information content (AvgIpc) is 3.42. The van der Waals surface area contributed by atoms with Crippen LogP contribution < -0.4 is 5.32 Å². The maximum atomic E-state index is 13.1. The molecule has 6 heteroatoms. The van der Waals surface area contributed by atoms with Crippen LogP contribution in [0.25, 0.3) is 21.5 Å². The van der Waals surface area contributed by atoms with Crippen LogP contribution in [0.1, 0.15) is 18.9 Å². The Morgan fingerprint density at radius 3 is 2.66 bits per heavy atom. The van der Waals surface area contributed by atoms with Crippen LogP contribution in [0.15, 0.2) is 72.1 Å². The molecule has 1 atom stereocenters. The molecular formula is C26H28ClN3OS. The molecule has 0 fully saturated rings. The van der Waals surface area contributed by atoms with Gasteiger partial charge in [0.05, 0.1) is 10.6 Å². The number of benzene rings is 2. The number of nitrogens with one attached hydrogen (secondary N) is 1. The zero-order chi connectivity index (χ0) is 22.5. The van der Waals surface area contributed by atoms with Gasteiger partial charge in [0.2, 0.25) is 5.91 Å². The maximum absolute atomic E-state index is 13.1. The molecule has 4 nitrogen and oxygen atoms in total. The van der Waals surface area contributed by atoms with Gasteiger partial charge >= 0.3 is 0 Å². The zero-order valence-corrected chi connectivity index (χ0v) is 20.0. The number of nitrogens with zero attached hydrogens (tertiary/aromatic N) is 2. The summed E-state index contributed by atoms with van der Waals surface area (Å²) >= 11 is 7.89. The summed E-state index contributed by atoms with van der Waals surface area (Å²) in [6.07, 6.45) is 0.880. The van der Waals surface area contributed by atoms with Gasteiger partial charge in [0.1, 0.15) is 6.54 Å². The molecule has 32 heavy (non-hydrogen) atoms. The number of rotatable bonds is 9. The summed E-state index contributed by atoms with van der Waals surface area (Å²) in [5.74, 6) is 0.0233. The van der Waals surface area contributed by atoms with Crippen molar-refractivity contribution in [1.29, 1.82) is 0 Å². The predicted octanol–water partition coefficient (Wildman–Crippen LogP) is 6.05. The number of carbonyl (C=O) groups excluding carboxylic acids is 1. The minimum Gasteiger partial charge on any atom is -0.351 e. The van der Waals surface area contributed by atoms with Gasteiger partial charge in [0, 0.05) is 35.1 Å². The fourth-order valence-electron chi connectivity index (χ4n) is 4.07. The second-order valence-electron chi connectivity index (χ2n) is 8.15. The van der Waals surface area contributed by atoms with E-state index >= 15 is 0 Å². The molecule has 2 aromatic carbocycles. The molecule has 0 saturated heterocycles. The third-order valence-corrected chi connectivity index (χ3v) is 6.75. The molecule has 0 aliphatic carbocycles. The van der Waals surface area contributed by atoms with E-state index in [0.29, 0.717) is 5.02 Å². The molecule has 0 saturated carbocycles. The molecule has 0 unspecified atom stereocenters. The van der Waals surface area contributed by atoms with Gasteiger partial charge in [-0.3, -0.25) is 4.79 Å². The smallest absolute Gasteiger partial charge is 0.240 e. The zero-order valence-electron chi connectivity index (χ0n) is 18.4. The van der Waals surface area contributed by atoms with Crippen molar-refractivity contribution in [3.63, 3.8) is 0 Å². The normalized spacial score (nSPS) is 12.4. The van der Waals surface area contributed by atoms with Crippen molar-refractivity contribution in [2.75, 3.05) is 13.6 Å². The van der Waals surface area contributed by atoms with Gasteiger partial charge in [0.15, 0.2) is 0 Å². The minimum atomic E-state index is 0.0233. The third-order valence-electron chi connectivity index (χ3n) is 5.62. The lowest BCUT2D eigenvalue weighted by Crippen LogP contribution is -2.43. The number of fused-ring (bicyclic) bond motifs is 1. The fourth-order valence-corrected chi connectivity index (χ4v) is 5.00. The van der Waals surface area contributed by atoms with E-state index in [0.717, 1.165) is 41.0 Å². The van der Waals surface area contributed by atoms with Gasteiger partial charge in [-0.05, 0) is 54.7 Å². The predicted molar refractivity (Wildman–Crippen MR) is 135 cm³/mol. The first kappa shape index (κ1) is 22.6. The molecule has 4 aromatic rings. The number of amides is 1. The van der Waals surface area contributed by atoms with Crippen molar-refractivity contribution in [3.8, 4) is 10.6 Å². The first-order valence-electron chi connectivity index (χ1n) is 10.9. The summed E-state index contributed by atoms with van der Waals surface area (Å²) in [4.78, 5) is 16.5. The van der Waals surface area contributed by atoms with Gasteiger partial charge in [0.25, 0.3) is 0 Å². The van der Waals surface area contributed by atoms with E-state index in [-0.39, 0.29) is 18.5 Å². The van der Waals surface area contributed by atoms with E-state index in [9.17, 15) is 4.79 Å². The quantitative estimate of drug-likeness (QED) is 0.326. The van der Waals surface area contributed by atoms with Crippen molar-refractivity contribution in [1.82, 2.24) is 14.8 Å². The second-order valence-corrected chi connectivity index (χ2v) is 9.54. The van der Waals surface area contributed by atoms with Crippen LogP contribution in [0.3, 0.4) is 0 Å². The van der Waals surface area contributed by atoms with Crippen molar-refractivity contribution in [3.05, 3.63) is 82.7 Å². The van der Waals surface area contributed by atoms with Crippen LogP contribution in [-0.2, 0) is 17.9 Å². The highest BCUT2D eigenvalue weighted by Gasteiger charge is 2.17. The van der Waals surface area contributed by atoms with Crippen LogP contribution >= 0.6 is 22.9 Å². The molecule has 2 heterocycles. The SMILES string of the molecule is CC[C@H](CN(C)Cc1ccccc1)NC(=O)Cn1c(-c2cccs2)cc2cc(Cl)ccc21. The molecule has 0 radical (unpaired) electrons. The highest BCUT2D eigenvalue weighted by molar-refractivity contribution is 7.13. The number of aromatic nitrogens is 1. The molecule has 1 amide bonds.